The third-order valence-electron chi connectivity index (χ3n) is 5.64. The molecule has 4 heterocycles. The average Bonchev–Trinajstić information content (AvgIpc) is 3.62. The van der Waals surface area contributed by atoms with Crippen LogP contribution in [0.3, 0.4) is 0 Å². The average molecular weight is 525 g/mol. The second-order valence-corrected chi connectivity index (χ2v) is 9.35. The van der Waals surface area contributed by atoms with Crippen LogP contribution in [0.15, 0.2) is 41.4 Å². The van der Waals surface area contributed by atoms with Crippen molar-refractivity contribution in [1.82, 2.24) is 35.0 Å². The molecule has 0 fully saturated rings. The number of imidazole rings is 1. The number of hydrogen-bond donors (Lipinski definition) is 3. The lowest BCUT2D eigenvalue weighted by molar-refractivity contribution is 0.158. The third-order valence-corrected chi connectivity index (χ3v) is 6.82. The highest BCUT2D eigenvalue weighted by Gasteiger charge is 2.17. The molecule has 3 N–H and O–H groups in total. The molecule has 0 saturated carbocycles. The van der Waals surface area contributed by atoms with Crippen LogP contribution in [0.2, 0.25) is 5.02 Å². The van der Waals surface area contributed by atoms with Gasteiger partial charge in [0.25, 0.3) is 0 Å². The summed E-state index contributed by atoms with van der Waals surface area (Å²) in [6.45, 7) is 2.37. The van der Waals surface area contributed by atoms with E-state index in [2.05, 4.69) is 54.5 Å². The number of nitrogens with zero attached hydrogens (tertiary/aromatic N) is 5. The molecule has 0 radical (unpaired) electrons. The number of rotatable bonds is 10. The summed E-state index contributed by atoms with van der Waals surface area (Å²) >= 11 is 7.78. The van der Waals surface area contributed by atoms with Crippen LogP contribution in [-0.4, -0.2) is 69.5 Å². The van der Waals surface area contributed by atoms with E-state index in [-0.39, 0.29) is 0 Å². The number of ether oxygens (including phenoxy) is 2. The molecule has 186 valence electrons. The molecule has 0 unspecified atom stereocenters. The van der Waals surface area contributed by atoms with E-state index >= 15 is 0 Å². The quantitative estimate of drug-likeness (QED) is 0.235. The van der Waals surface area contributed by atoms with Gasteiger partial charge < -0.3 is 19.8 Å². The Hall–Kier alpha value is -3.51. The number of fused-ring (bicyclic) bond motifs is 1. The number of anilines is 2. The normalized spacial score (nSPS) is 11.5. The second-order valence-electron chi connectivity index (χ2n) is 8.20. The summed E-state index contributed by atoms with van der Waals surface area (Å²) in [5.74, 6) is 2.14. The van der Waals surface area contributed by atoms with Gasteiger partial charge in [-0.25, -0.2) is 15.0 Å². The molecule has 0 aliphatic heterocycles. The van der Waals surface area contributed by atoms with Gasteiger partial charge in [-0.2, -0.15) is 16.4 Å². The Labute approximate surface area is 216 Å². The van der Waals surface area contributed by atoms with Gasteiger partial charge in [0, 0.05) is 36.5 Å². The lowest BCUT2D eigenvalue weighted by atomic mass is 10.2. The predicted molar refractivity (Wildman–Crippen MR) is 142 cm³/mol. The van der Waals surface area contributed by atoms with Crippen LogP contribution in [0.4, 0.5) is 11.5 Å². The smallest absolute Gasteiger partial charge is 0.179 e. The molecule has 0 spiro atoms. The highest BCUT2D eigenvalue weighted by atomic mass is 35.5. The number of hydrogen-bond acceptors (Lipinski definition) is 9. The van der Waals surface area contributed by atoms with Crippen molar-refractivity contribution in [2.24, 2.45) is 0 Å². The minimum Gasteiger partial charge on any atom is -0.491 e. The number of halogens is 1. The largest absolute Gasteiger partial charge is 0.491 e. The van der Waals surface area contributed by atoms with E-state index in [1.807, 2.05) is 16.8 Å². The lowest BCUT2D eigenvalue weighted by Crippen LogP contribution is -2.22. The van der Waals surface area contributed by atoms with Crippen molar-refractivity contribution in [2.75, 3.05) is 39.7 Å². The molecule has 0 aliphatic rings. The highest BCUT2D eigenvalue weighted by Crippen LogP contribution is 2.34. The maximum absolute atomic E-state index is 6.29. The Morgan fingerprint density at radius 2 is 2.06 bits per heavy atom. The highest BCUT2D eigenvalue weighted by molar-refractivity contribution is 7.08. The van der Waals surface area contributed by atoms with Crippen LogP contribution >= 0.6 is 22.9 Å². The van der Waals surface area contributed by atoms with Gasteiger partial charge in [0.2, 0.25) is 0 Å². The van der Waals surface area contributed by atoms with Gasteiger partial charge in [-0.05, 0) is 24.7 Å². The minimum absolute atomic E-state index is 0.490. The number of thiophene rings is 1. The summed E-state index contributed by atoms with van der Waals surface area (Å²) in [5, 5.41) is 14.9. The van der Waals surface area contributed by atoms with Gasteiger partial charge in [0.05, 0.1) is 47.9 Å². The SMILES string of the molecule is COCCN(C)Cc1ccc2nc(-c3[nH]ncc3Nc3nc(-c4cscc4Cl)ncc3OC)[nH]c2c1. The molecule has 5 aromatic rings. The number of likely N-dealkylation sites (N-methyl/N-ethyl adjacent to an activating group) is 1. The molecule has 12 heteroatoms. The first-order valence-electron chi connectivity index (χ1n) is 11.2. The van der Waals surface area contributed by atoms with Crippen molar-refractivity contribution in [3.63, 3.8) is 0 Å². The lowest BCUT2D eigenvalue weighted by Gasteiger charge is -2.15. The van der Waals surface area contributed by atoms with E-state index in [4.69, 9.17) is 26.1 Å². The van der Waals surface area contributed by atoms with E-state index in [9.17, 15) is 0 Å². The Morgan fingerprint density at radius 3 is 2.83 bits per heavy atom. The monoisotopic (exact) mass is 524 g/mol. The topological polar surface area (TPSA) is 117 Å². The maximum Gasteiger partial charge on any atom is 0.179 e. The number of methoxy groups -OCH3 is 2. The van der Waals surface area contributed by atoms with Gasteiger partial charge in [-0.1, -0.05) is 17.7 Å². The fourth-order valence-electron chi connectivity index (χ4n) is 3.78. The van der Waals surface area contributed by atoms with Gasteiger partial charge in [0.1, 0.15) is 5.69 Å². The Bertz CT molecular complexity index is 1480. The molecular weight excluding hydrogens is 500 g/mol. The first-order chi connectivity index (χ1) is 17.6. The predicted octanol–water partition coefficient (Wildman–Crippen LogP) is 4.96. The minimum atomic E-state index is 0.490. The molecule has 5 rings (SSSR count). The summed E-state index contributed by atoms with van der Waals surface area (Å²) in [4.78, 5) is 19.4. The van der Waals surface area contributed by atoms with Crippen LogP contribution in [0, 0.1) is 0 Å². The molecular formula is C24H25ClN8O2S. The van der Waals surface area contributed by atoms with Gasteiger partial charge in [-0.3, -0.25) is 10.00 Å². The number of aromatic amines is 2. The summed E-state index contributed by atoms with van der Waals surface area (Å²) in [5.41, 5.74) is 5.14. The molecule has 0 saturated heterocycles. The zero-order valence-corrected chi connectivity index (χ0v) is 21.6. The fraction of sp³-hybridized carbons (Fsp3) is 0.250. The van der Waals surface area contributed by atoms with Crippen LogP contribution < -0.4 is 10.1 Å². The van der Waals surface area contributed by atoms with Crippen molar-refractivity contribution in [3.05, 3.63) is 51.9 Å². The van der Waals surface area contributed by atoms with Crippen molar-refractivity contribution in [3.8, 4) is 28.7 Å². The summed E-state index contributed by atoms with van der Waals surface area (Å²) < 4.78 is 10.6. The van der Waals surface area contributed by atoms with E-state index in [0.29, 0.717) is 46.2 Å². The fourth-order valence-corrected chi connectivity index (χ4v) is 4.82. The maximum atomic E-state index is 6.29. The molecule has 0 amide bonds. The van der Waals surface area contributed by atoms with E-state index in [0.717, 1.165) is 29.7 Å². The Balaban J connectivity index is 1.42. The van der Waals surface area contributed by atoms with Gasteiger partial charge in [0.15, 0.2) is 23.2 Å². The van der Waals surface area contributed by atoms with Crippen LogP contribution in [0.25, 0.3) is 33.9 Å². The second kappa shape index (κ2) is 10.6. The van der Waals surface area contributed by atoms with Gasteiger partial charge in [-0.15, -0.1) is 0 Å². The van der Waals surface area contributed by atoms with Crippen molar-refractivity contribution >= 4 is 45.5 Å². The third kappa shape index (κ3) is 5.05. The first-order valence-corrected chi connectivity index (χ1v) is 12.5. The standard InChI is InChI=1S/C24H25ClN8O2S/c1-33(6-7-34-2)11-14-4-5-17-18(8-14)29-24(28-17)21-19(9-27-32-21)30-23-20(35-3)10-26-22(31-23)15-12-36-13-16(15)25/h4-5,8-10,12-13H,6-7,11H2,1-3H3,(H,27,32)(H,28,29)(H,26,30,31). The number of benzene rings is 1. The van der Waals surface area contributed by atoms with Crippen LogP contribution in [-0.2, 0) is 11.3 Å². The summed E-state index contributed by atoms with van der Waals surface area (Å²) in [7, 11) is 5.36. The zero-order valence-electron chi connectivity index (χ0n) is 20.0. The number of aromatic nitrogens is 6. The van der Waals surface area contributed by atoms with Crippen molar-refractivity contribution in [1.29, 1.82) is 0 Å². The van der Waals surface area contributed by atoms with Crippen molar-refractivity contribution in [2.45, 2.75) is 6.54 Å². The summed E-state index contributed by atoms with van der Waals surface area (Å²) in [6.07, 6.45) is 3.29. The number of nitrogens with one attached hydrogen (secondary N) is 3. The number of H-pyrrole nitrogens is 2. The Kier molecular flexibility index (Phi) is 7.14. The molecule has 0 atom stereocenters. The van der Waals surface area contributed by atoms with Crippen LogP contribution in [0.1, 0.15) is 5.56 Å². The summed E-state index contributed by atoms with van der Waals surface area (Å²) in [6, 6.07) is 6.22. The van der Waals surface area contributed by atoms with Crippen LogP contribution in [0.5, 0.6) is 5.75 Å². The van der Waals surface area contributed by atoms with E-state index in [1.54, 1.807) is 26.6 Å². The van der Waals surface area contributed by atoms with E-state index < -0.39 is 0 Å². The van der Waals surface area contributed by atoms with Crippen molar-refractivity contribution < 1.29 is 9.47 Å². The molecule has 4 aromatic heterocycles. The molecule has 0 aliphatic carbocycles. The molecule has 1 aromatic carbocycles. The zero-order chi connectivity index (χ0) is 25.1. The molecule has 10 nitrogen and oxygen atoms in total. The Morgan fingerprint density at radius 1 is 1.17 bits per heavy atom. The van der Waals surface area contributed by atoms with E-state index in [1.165, 1.54) is 16.9 Å². The first kappa shape index (κ1) is 24.2. The molecule has 0 bridgehead atoms. The van der Waals surface area contributed by atoms with Gasteiger partial charge >= 0.3 is 0 Å². The molecule has 36 heavy (non-hydrogen) atoms.